The fourth-order valence-corrected chi connectivity index (χ4v) is 6.26. The smallest absolute Gasteiger partial charge is 0.348 e. The van der Waals surface area contributed by atoms with E-state index in [0.29, 0.717) is 48.0 Å². The van der Waals surface area contributed by atoms with Crippen LogP contribution in [0.1, 0.15) is 23.1 Å². The molecular weight excluding hydrogens is 496 g/mol. The summed E-state index contributed by atoms with van der Waals surface area (Å²) in [4.78, 5) is 16.5. The molecular formula is C31H39N2O6+. The van der Waals surface area contributed by atoms with Gasteiger partial charge in [0.2, 0.25) is 12.5 Å². The standard InChI is InChI=1S/C31H39N2O6/c1-32(2)17-15-22-11-13-26-28(39-20-38-26)23(22)19-31(35)24-12-14-25(36-4)29(37-5)27(24)30(34)33(31,3)18-16-21-9-7-6-8-10-21/h6-11,13-14,24,35H,12,15-20H2,1-5H3/q+1. The maximum absolute atomic E-state index is 14.4. The highest BCUT2D eigenvalue weighted by atomic mass is 16.7. The number of rotatable bonds is 10. The molecule has 3 atom stereocenters. The summed E-state index contributed by atoms with van der Waals surface area (Å²) in [5.41, 5.74) is 2.14. The molecule has 1 N–H and O–H groups in total. The lowest BCUT2D eigenvalue weighted by molar-refractivity contribution is -0.910. The first-order valence-electron chi connectivity index (χ1n) is 13.5. The zero-order chi connectivity index (χ0) is 27.8. The first-order valence-corrected chi connectivity index (χ1v) is 13.5. The van der Waals surface area contributed by atoms with Crippen molar-refractivity contribution in [3.63, 3.8) is 0 Å². The molecule has 208 valence electrons. The first kappa shape index (κ1) is 27.2. The van der Waals surface area contributed by atoms with E-state index >= 15 is 0 Å². The molecule has 0 saturated carbocycles. The molecule has 3 unspecified atom stereocenters. The van der Waals surface area contributed by atoms with Gasteiger partial charge in [-0.2, -0.15) is 0 Å². The van der Waals surface area contributed by atoms with Gasteiger partial charge in [0.15, 0.2) is 23.0 Å². The summed E-state index contributed by atoms with van der Waals surface area (Å²) in [7, 11) is 9.06. The molecule has 8 heteroatoms. The van der Waals surface area contributed by atoms with Gasteiger partial charge in [-0.05, 0) is 50.2 Å². The number of hydrogen-bond acceptors (Lipinski definition) is 7. The van der Waals surface area contributed by atoms with Gasteiger partial charge in [-0.15, -0.1) is 0 Å². The quantitative estimate of drug-likeness (QED) is 0.467. The van der Waals surface area contributed by atoms with Crippen LogP contribution < -0.4 is 9.47 Å². The Morgan fingerprint density at radius 1 is 1.08 bits per heavy atom. The summed E-state index contributed by atoms with van der Waals surface area (Å²) < 4.78 is 22.8. The molecule has 0 bridgehead atoms. The van der Waals surface area contributed by atoms with E-state index in [0.717, 1.165) is 29.7 Å². The molecule has 8 nitrogen and oxygen atoms in total. The van der Waals surface area contributed by atoms with Gasteiger partial charge in [-0.3, -0.25) is 0 Å². The number of benzene rings is 2. The number of likely N-dealkylation sites (N-methyl/N-ethyl adjacent to an activating group) is 2. The summed E-state index contributed by atoms with van der Waals surface area (Å²) in [6.07, 6.45) is 4.03. The second kappa shape index (κ2) is 10.7. The summed E-state index contributed by atoms with van der Waals surface area (Å²) in [6.45, 7) is 1.41. The minimum Gasteiger partial charge on any atom is -0.493 e. The summed E-state index contributed by atoms with van der Waals surface area (Å²) >= 11 is 0. The third-order valence-electron chi connectivity index (χ3n) is 8.57. The fraction of sp³-hybridized carbons (Fsp3) is 0.452. The Balaban J connectivity index is 1.62. The molecule has 39 heavy (non-hydrogen) atoms. The Bertz CT molecular complexity index is 1300. The van der Waals surface area contributed by atoms with E-state index in [4.69, 9.17) is 18.9 Å². The third-order valence-corrected chi connectivity index (χ3v) is 8.57. The molecule has 1 amide bonds. The normalized spacial score (nSPS) is 25.7. The zero-order valence-electron chi connectivity index (χ0n) is 23.5. The molecule has 5 rings (SSSR count). The molecule has 0 radical (unpaired) electrons. The van der Waals surface area contributed by atoms with Crippen LogP contribution in [0.15, 0.2) is 65.6 Å². The van der Waals surface area contributed by atoms with Crippen molar-refractivity contribution in [3.8, 4) is 11.5 Å². The number of likely N-dealkylation sites (tertiary alicyclic amines) is 1. The molecule has 2 aromatic carbocycles. The Morgan fingerprint density at radius 3 is 2.54 bits per heavy atom. The highest BCUT2D eigenvalue weighted by molar-refractivity contribution is 5.93. The number of allylic oxidation sites excluding steroid dienone is 1. The van der Waals surface area contributed by atoms with Crippen molar-refractivity contribution in [2.75, 3.05) is 55.2 Å². The lowest BCUT2D eigenvalue weighted by Crippen LogP contribution is -2.64. The number of amides is 1. The minimum absolute atomic E-state index is 0.138. The van der Waals surface area contributed by atoms with Crippen LogP contribution in [0.4, 0.5) is 0 Å². The van der Waals surface area contributed by atoms with Crippen LogP contribution in [0.5, 0.6) is 11.5 Å². The average molecular weight is 536 g/mol. The van der Waals surface area contributed by atoms with Gasteiger partial charge in [0.1, 0.15) is 5.57 Å². The zero-order valence-corrected chi connectivity index (χ0v) is 23.5. The molecule has 2 aromatic rings. The number of fused-ring (bicyclic) bond motifs is 2. The molecule has 0 spiro atoms. The minimum atomic E-state index is -1.45. The van der Waals surface area contributed by atoms with Gasteiger partial charge in [-0.25, -0.2) is 9.28 Å². The Labute approximate surface area is 230 Å². The number of methoxy groups -OCH3 is 2. The number of carbonyl (C=O) groups is 1. The number of carbonyl (C=O) groups excluding carboxylic acids is 1. The van der Waals surface area contributed by atoms with Crippen molar-refractivity contribution in [2.24, 2.45) is 5.92 Å². The maximum atomic E-state index is 14.4. The number of nitrogens with zero attached hydrogens (tertiary/aromatic N) is 2. The van der Waals surface area contributed by atoms with E-state index < -0.39 is 11.6 Å². The highest BCUT2D eigenvalue weighted by Gasteiger charge is 2.68. The van der Waals surface area contributed by atoms with Crippen LogP contribution in [0.2, 0.25) is 0 Å². The van der Waals surface area contributed by atoms with Gasteiger partial charge in [0, 0.05) is 18.5 Å². The van der Waals surface area contributed by atoms with Gasteiger partial charge in [-0.1, -0.05) is 36.4 Å². The lowest BCUT2D eigenvalue weighted by Gasteiger charge is -2.42. The third kappa shape index (κ3) is 4.60. The van der Waals surface area contributed by atoms with E-state index in [1.807, 2.05) is 51.5 Å². The summed E-state index contributed by atoms with van der Waals surface area (Å²) in [6, 6.07) is 14.1. The van der Waals surface area contributed by atoms with E-state index in [1.54, 1.807) is 14.2 Å². The largest absolute Gasteiger partial charge is 0.493 e. The maximum Gasteiger partial charge on any atom is 0.348 e. The van der Waals surface area contributed by atoms with E-state index in [9.17, 15) is 9.90 Å². The number of hydrogen-bond donors (Lipinski definition) is 1. The van der Waals surface area contributed by atoms with Crippen LogP contribution in [0.25, 0.3) is 0 Å². The topological polar surface area (TPSA) is 77.5 Å². The molecule has 0 aromatic heterocycles. The molecule has 1 saturated heterocycles. The van der Waals surface area contributed by atoms with Gasteiger partial charge in [0.05, 0.1) is 40.2 Å². The van der Waals surface area contributed by atoms with E-state index in [1.165, 1.54) is 0 Å². The SMILES string of the molecule is COC1=CCC2C(=C1OC)C(=O)[N+](C)(CCc1ccccc1)C2(O)Cc1c(CCN(C)C)ccc2c1OCO2. The first-order chi connectivity index (χ1) is 18.7. The van der Waals surface area contributed by atoms with Gasteiger partial charge >= 0.3 is 5.91 Å². The van der Waals surface area contributed by atoms with E-state index in [2.05, 4.69) is 23.1 Å². The lowest BCUT2D eigenvalue weighted by atomic mass is 9.80. The van der Waals surface area contributed by atoms with Crippen molar-refractivity contribution in [2.45, 2.75) is 31.4 Å². The molecule has 2 heterocycles. The van der Waals surface area contributed by atoms with Crippen molar-refractivity contribution in [3.05, 3.63) is 82.3 Å². The molecule has 3 aliphatic rings. The van der Waals surface area contributed by atoms with Crippen LogP contribution in [-0.4, -0.2) is 81.4 Å². The van der Waals surface area contributed by atoms with Crippen molar-refractivity contribution in [1.82, 2.24) is 4.90 Å². The second-order valence-electron chi connectivity index (χ2n) is 11.0. The van der Waals surface area contributed by atoms with Crippen LogP contribution in [0, 0.1) is 5.92 Å². The number of ether oxygens (including phenoxy) is 4. The fourth-order valence-electron chi connectivity index (χ4n) is 6.26. The van der Waals surface area contributed by atoms with Crippen LogP contribution >= 0.6 is 0 Å². The summed E-state index contributed by atoms with van der Waals surface area (Å²) in [5, 5.41) is 12.9. The Hall–Kier alpha value is -3.33. The second-order valence-corrected chi connectivity index (χ2v) is 11.0. The number of quaternary nitrogens is 1. The monoisotopic (exact) mass is 535 g/mol. The molecule has 1 fully saturated rings. The van der Waals surface area contributed by atoms with Gasteiger partial charge < -0.3 is 29.0 Å². The molecule has 1 aliphatic carbocycles. The molecule has 2 aliphatic heterocycles. The predicted molar refractivity (Wildman–Crippen MR) is 147 cm³/mol. The Kier molecular flexibility index (Phi) is 7.46. The van der Waals surface area contributed by atoms with Crippen LogP contribution in [-0.2, 0) is 33.5 Å². The van der Waals surface area contributed by atoms with Crippen LogP contribution in [0.3, 0.4) is 0 Å². The van der Waals surface area contributed by atoms with Crippen molar-refractivity contribution >= 4 is 5.91 Å². The van der Waals surface area contributed by atoms with Gasteiger partial charge in [0.25, 0.3) is 0 Å². The number of aliphatic hydroxyl groups is 1. The predicted octanol–water partition coefficient (Wildman–Crippen LogP) is 3.43. The van der Waals surface area contributed by atoms with E-state index in [-0.39, 0.29) is 23.6 Å². The highest BCUT2D eigenvalue weighted by Crippen LogP contribution is 2.52. The van der Waals surface area contributed by atoms with Crippen molar-refractivity contribution in [1.29, 1.82) is 0 Å². The summed E-state index contributed by atoms with van der Waals surface area (Å²) in [5.74, 6) is 1.65. The Morgan fingerprint density at radius 2 is 1.85 bits per heavy atom. The van der Waals surface area contributed by atoms with Crippen molar-refractivity contribution < 1.29 is 33.3 Å². The average Bonchev–Trinajstić information content (AvgIpc) is 3.49.